The third-order valence-corrected chi connectivity index (χ3v) is 7.09. The second-order valence-electron chi connectivity index (χ2n) is 9.44. The predicted molar refractivity (Wildman–Crippen MR) is 109 cm³/mol. The van der Waals surface area contributed by atoms with E-state index in [1.54, 1.807) is 11.8 Å². The first-order chi connectivity index (χ1) is 14.1. The van der Waals surface area contributed by atoms with Crippen LogP contribution in [0.25, 0.3) is 0 Å². The fourth-order valence-electron chi connectivity index (χ4n) is 5.80. The summed E-state index contributed by atoms with van der Waals surface area (Å²) < 4.78 is 11.9. The number of aliphatic hydroxyl groups is 1. The van der Waals surface area contributed by atoms with Crippen LogP contribution in [0.2, 0.25) is 0 Å². The second kappa shape index (κ2) is 8.46. The Bertz CT molecular complexity index is 697. The number of fused-ring (bicyclic) bond motifs is 1. The van der Waals surface area contributed by atoms with Gasteiger partial charge >= 0.3 is 5.97 Å². The summed E-state index contributed by atoms with van der Waals surface area (Å²) >= 11 is 0. The zero-order chi connectivity index (χ0) is 22.3. The molecule has 3 heterocycles. The summed E-state index contributed by atoms with van der Waals surface area (Å²) in [6.45, 7) is 10.1. The Morgan fingerprint density at radius 2 is 2.03 bits per heavy atom. The van der Waals surface area contributed by atoms with Gasteiger partial charge in [-0.1, -0.05) is 6.92 Å². The highest BCUT2D eigenvalue weighted by Gasteiger charge is 2.80. The van der Waals surface area contributed by atoms with Crippen LogP contribution >= 0.6 is 0 Å². The van der Waals surface area contributed by atoms with Crippen LogP contribution < -0.4 is 5.32 Å². The van der Waals surface area contributed by atoms with Gasteiger partial charge in [-0.25, -0.2) is 0 Å². The smallest absolute Gasteiger partial charge is 0.312 e. The molecule has 1 spiro atoms. The van der Waals surface area contributed by atoms with Crippen LogP contribution in [-0.4, -0.2) is 70.8 Å². The van der Waals surface area contributed by atoms with E-state index in [4.69, 9.17) is 14.6 Å². The molecular weight excluding hydrogens is 388 g/mol. The molecule has 6 atom stereocenters. The first-order valence-corrected chi connectivity index (χ1v) is 11.2. The average molecular weight is 425 g/mol. The van der Waals surface area contributed by atoms with E-state index in [1.807, 2.05) is 27.7 Å². The number of rotatable bonds is 9. The summed E-state index contributed by atoms with van der Waals surface area (Å²) in [6, 6.07) is -0.845. The highest BCUT2D eigenvalue weighted by molar-refractivity contribution is 5.98. The average Bonchev–Trinajstić information content (AvgIpc) is 3.16. The number of esters is 1. The molecule has 0 aliphatic carbocycles. The van der Waals surface area contributed by atoms with Crippen molar-refractivity contribution in [2.45, 2.75) is 83.6 Å². The van der Waals surface area contributed by atoms with Crippen LogP contribution in [0, 0.1) is 17.8 Å². The fourth-order valence-corrected chi connectivity index (χ4v) is 5.80. The molecule has 0 aromatic rings. The third kappa shape index (κ3) is 3.42. The number of nitrogens with one attached hydrogen (secondary N) is 1. The van der Waals surface area contributed by atoms with Crippen molar-refractivity contribution in [3.05, 3.63) is 0 Å². The van der Waals surface area contributed by atoms with Crippen molar-refractivity contribution in [2.75, 3.05) is 19.8 Å². The lowest BCUT2D eigenvalue weighted by Gasteiger charge is -2.35. The molecule has 8 nitrogen and oxygen atoms in total. The Morgan fingerprint density at radius 3 is 2.63 bits per heavy atom. The maximum absolute atomic E-state index is 13.6. The summed E-state index contributed by atoms with van der Waals surface area (Å²) in [4.78, 5) is 41.5. The maximum Gasteiger partial charge on any atom is 0.312 e. The Labute approximate surface area is 178 Å². The summed E-state index contributed by atoms with van der Waals surface area (Å²) in [6.07, 6.45) is 2.64. The molecule has 30 heavy (non-hydrogen) atoms. The number of aliphatic hydroxyl groups excluding tert-OH is 1. The van der Waals surface area contributed by atoms with Crippen molar-refractivity contribution < 1.29 is 29.0 Å². The van der Waals surface area contributed by atoms with E-state index in [1.165, 1.54) is 0 Å². The molecule has 0 radical (unpaired) electrons. The van der Waals surface area contributed by atoms with E-state index < -0.39 is 35.0 Å². The van der Waals surface area contributed by atoms with E-state index in [-0.39, 0.29) is 37.0 Å². The molecule has 2 bridgehead atoms. The number of hydrogen-bond donors (Lipinski definition) is 2. The van der Waals surface area contributed by atoms with Crippen molar-refractivity contribution in [3.8, 4) is 0 Å². The van der Waals surface area contributed by atoms with Gasteiger partial charge in [0.05, 0.1) is 18.1 Å². The van der Waals surface area contributed by atoms with Gasteiger partial charge in [0, 0.05) is 19.2 Å². The van der Waals surface area contributed by atoms with Gasteiger partial charge in [-0.2, -0.15) is 0 Å². The largest absolute Gasteiger partial charge is 0.466 e. The normalized spacial score (nSPS) is 37.0. The van der Waals surface area contributed by atoms with Gasteiger partial charge in [0.25, 0.3) is 0 Å². The van der Waals surface area contributed by atoms with Gasteiger partial charge in [-0.3, -0.25) is 14.4 Å². The lowest BCUT2D eigenvalue weighted by Crippen LogP contribution is -2.56. The second-order valence-corrected chi connectivity index (χ2v) is 9.44. The maximum atomic E-state index is 13.6. The molecule has 8 heteroatoms. The Morgan fingerprint density at radius 1 is 1.33 bits per heavy atom. The highest BCUT2D eigenvalue weighted by Crippen LogP contribution is 2.65. The lowest BCUT2D eigenvalue weighted by molar-refractivity contribution is -0.161. The zero-order valence-corrected chi connectivity index (χ0v) is 18.8. The van der Waals surface area contributed by atoms with Crippen LogP contribution in [0.15, 0.2) is 0 Å². The van der Waals surface area contributed by atoms with Gasteiger partial charge in [0.15, 0.2) is 0 Å². The Balaban J connectivity index is 1.99. The number of unbranched alkanes of at least 4 members (excludes halogenated alkanes) is 2. The Kier molecular flexibility index (Phi) is 6.49. The van der Waals surface area contributed by atoms with Gasteiger partial charge in [0.2, 0.25) is 11.8 Å². The standard InChI is InChI=1S/C22H36N2O6/c1-6-29-20(28)16-15-19(27)24(10-8-7-9-11-25)17(18(26)23-13(2)3)22(15)12-14(4)21(16,5)30-22/h13-17,25H,6-12H2,1-5H3,(H,23,26)/t14?,15-,16-,17?,21+,22?/m0/s1. The third-order valence-electron chi connectivity index (χ3n) is 7.09. The van der Waals surface area contributed by atoms with Crippen LogP contribution in [0.1, 0.15) is 60.3 Å². The minimum absolute atomic E-state index is 0.0136. The summed E-state index contributed by atoms with van der Waals surface area (Å²) in [5.41, 5.74) is -1.84. The first kappa shape index (κ1) is 23.0. The molecule has 3 saturated heterocycles. The summed E-state index contributed by atoms with van der Waals surface area (Å²) in [5, 5.41) is 12.0. The molecule has 2 amide bonds. The SMILES string of the molecule is CCOC(=O)[C@@H]1[C@H]2C(=O)N(CCCCCO)C(C(=O)NC(C)C)C23CC(C)[C@@]1(C)O3. The van der Waals surface area contributed by atoms with E-state index in [0.717, 1.165) is 6.42 Å². The number of likely N-dealkylation sites (tertiary alicyclic amines) is 1. The molecule has 3 fully saturated rings. The fraction of sp³-hybridized carbons (Fsp3) is 0.864. The van der Waals surface area contributed by atoms with Crippen LogP contribution in [0.5, 0.6) is 0 Å². The summed E-state index contributed by atoms with van der Waals surface area (Å²) in [5.74, 6) is -2.26. The minimum atomic E-state index is -1.02. The van der Waals surface area contributed by atoms with Crippen molar-refractivity contribution >= 4 is 17.8 Å². The van der Waals surface area contributed by atoms with Crippen LogP contribution in [-0.2, 0) is 23.9 Å². The number of carbonyl (C=O) groups excluding carboxylic acids is 3. The van der Waals surface area contributed by atoms with Crippen LogP contribution in [0.3, 0.4) is 0 Å². The molecular formula is C22H36N2O6. The molecule has 170 valence electrons. The van der Waals surface area contributed by atoms with Crippen LogP contribution in [0.4, 0.5) is 0 Å². The number of ether oxygens (including phenoxy) is 2. The molecule has 3 aliphatic rings. The molecule has 3 unspecified atom stereocenters. The van der Waals surface area contributed by atoms with Crippen molar-refractivity contribution in [2.24, 2.45) is 17.8 Å². The lowest BCUT2D eigenvalue weighted by atomic mass is 9.62. The summed E-state index contributed by atoms with van der Waals surface area (Å²) in [7, 11) is 0. The molecule has 0 aromatic heterocycles. The molecule has 3 aliphatic heterocycles. The van der Waals surface area contributed by atoms with Gasteiger partial charge in [0.1, 0.15) is 17.6 Å². The van der Waals surface area contributed by atoms with E-state index in [0.29, 0.717) is 25.8 Å². The van der Waals surface area contributed by atoms with Gasteiger partial charge in [-0.05, 0) is 59.3 Å². The van der Waals surface area contributed by atoms with Gasteiger partial charge < -0.3 is 24.8 Å². The zero-order valence-electron chi connectivity index (χ0n) is 18.8. The molecule has 3 rings (SSSR count). The van der Waals surface area contributed by atoms with E-state index in [2.05, 4.69) is 5.32 Å². The predicted octanol–water partition coefficient (Wildman–Crippen LogP) is 1.25. The quantitative estimate of drug-likeness (QED) is 0.426. The monoisotopic (exact) mass is 424 g/mol. The number of nitrogens with zero attached hydrogens (tertiary/aromatic N) is 1. The molecule has 0 saturated carbocycles. The molecule has 0 aromatic carbocycles. The van der Waals surface area contributed by atoms with Gasteiger partial charge in [-0.15, -0.1) is 0 Å². The van der Waals surface area contributed by atoms with E-state index in [9.17, 15) is 14.4 Å². The molecule has 2 N–H and O–H groups in total. The van der Waals surface area contributed by atoms with Crippen molar-refractivity contribution in [1.82, 2.24) is 10.2 Å². The highest BCUT2D eigenvalue weighted by atomic mass is 16.6. The van der Waals surface area contributed by atoms with Crippen molar-refractivity contribution in [1.29, 1.82) is 0 Å². The van der Waals surface area contributed by atoms with Crippen molar-refractivity contribution in [3.63, 3.8) is 0 Å². The Hall–Kier alpha value is -1.67. The number of hydrogen-bond acceptors (Lipinski definition) is 6. The first-order valence-electron chi connectivity index (χ1n) is 11.2. The minimum Gasteiger partial charge on any atom is -0.466 e. The number of amides is 2. The topological polar surface area (TPSA) is 105 Å². The number of carbonyl (C=O) groups is 3. The van der Waals surface area contributed by atoms with E-state index >= 15 is 0 Å².